The number of aromatic carboxylic acids is 1. The van der Waals surface area contributed by atoms with E-state index >= 15 is 0 Å². The van der Waals surface area contributed by atoms with Gasteiger partial charge in [-0.3, -0.25) is 4.90 Å². The molecular weight excluding hydrogens is 476 g/mol. The molecule has 0 bridgehead atoms. The molecule has 0 spiro atoms. The number of carboxylic acids is 1. The van der Waals surface area contributed by atoms with E-state index in [1.54, 1.807) is 35.2 Å². The van der Waals surface area contributed by atoms with E-state index in [2.05, 4.69) is 4.98 Å². The maximum Gasteiger partial charge on any atom is 0.506 e. The number of aromatic nitrogens is 1. The van der Waals surface area contributed by atoms with Crippen molar-refractivity contribution in [3.8, 4) is 11.3 Å². The summed E-state index contributed by atoms with van der Waals surface area (Å²) >= 11 is 0. The van der Waals surface area contributed by atoms with Crippen LogP contribution in [0.15, 0.2) is 54.6 Å². The lowest BCUT2D eigenvalue weighted by Gasteiger charge is -2.33. The Balaban J connectivity index is 1.41. The van der Waals surface area contributed by atoms with Gasteiger partial charge in [-0.05, 0) is 68.4 Å². The smallest absolute Gasteiger partial charge is 0.478 e. The Morgan fingerprint density at radius 3 is 2.46 bits per heavy atom. The van der Waals surface area contributed by atoms with Gasteiger partial charge < -0.3 is 19.7 Å². The minimum absolute atomic E-state index is 0.0807. The summed E-state index contributed by atoms with van der Waals surface area (Å²) in [5.74, 6) is -1.02. The fourth-order valence-electron chi connectivity index (χ4n) is 4.97. The molecule has 2 N–H and O–H groups in total. The number of benzene rings is 2. The van der Waals surface area contributed by atoms with Gasteiger partial charge in [0.15, 0.2) is 0 Å². The Hall–Kier alpha value is -4.14. The van der Waals surface area contributed by atoms with Crippen molar-refractivity contribution in [1.82, 2.24) is 9.88 Å². The second-order valence-corrected chi connectivity index (χ2v) is 9.77. The summed E-state index contributed by atoms with van der Waals surface area (Å²) in [5.41, 5.74) is 1.87. The standard InChI is InChI=1S/C28H28N2O7/c31-25(32)22-6-2-1-5-21(22)24-12-8-19-15-18(7-11-23(19)29-24)16-30(26(33)36-20-9-10-20)17-28(37-27(34)35)13-3-4-14-28/h1-2,5-8,11-12,15,20H,3-4,9-10,13-14,16-17H2,(H,31,32)(H,34,35). The van der Waals surface area contributed by atoms with Crippen LogP contribution in [-0.2, 0) is 16.0 Å². The average Bonchev–Trinajstić information content (AvgIpc) is 3.58. The Morgan fingerprint density at radius 2 is 1.76 bits per heavy atom. The number of carbonyl (C=O) groups is 3. The highest BCUT2D eigenvalue weighted by atomic mass is 16.7. The SMILES string of the molecule is O=C(O)OC1(CN(Cc2ccc3nc(-c4ccccc4C(=O)O)ccc3c2)C(=O)OC2CC2)CCCC1. The number of carboxylic acid groups (broad SMARTS) is 2. The lowest BCUT2D eigenvalue weighted by molar-refractivity contribution is -0.0365. The zero-order valence-electron chi connectivity index (χ0n) is 20.3. The Morgan fingerprint density at radius 1 is 1.00 bits per heavy atom. The molecule has 3 aromatic rings. The molecule has 192 valence electrons. The van der Waals surface area contributed by atoms with Gasteiger partial charge in [-0.25, -0.2) is 19.4 Å². The first kappa shape index (κ1) is 24.5. The van der Waals surface area contributed by atoms with Crippen LogP contribution < -0.4 is 0 Å². The molecule has 9 nitrogen and oxygen atoms in total. The molecule has 1 heterocycles. The number of carbonyl (C=O) groups excluding carboxylic acids is 1. The molecule has 1 amide bonds. The summed E-state index contributed by atoms with van der Waals surface area (Å²) in [5, 5.41) is 19.7. The van der Waals surface area contributed by atoms with E-state index < -0.39 is 23.8 Å². The Kier molecular flexibility index (Phi) is 6.69. The lowest BCUT2D eigenvalue weighted by Crippen LogP contribution is -2.46. The fraction of sp³-hybridized carbons (Fsp3) is 0.357. The average molecular weight is 505 g/mol. The molecule has 37 heavy (non-hydrogen) atoms. The molecule has 5 rings (SSSR count). The third-order valence-corrected chi connectivity index (χ3v) is 6.91. The quantitative estimate of drug-likeness (QED) is 0.374. The maximum absolute atomic E-state index is 13.0. The monoisotopic (exact) mass is 504 g/mol. The number of nitrogens with zero attached hydrogens (tertiary/aromatic N) is 2. The van der Waals surface area contributed by atoms with Gasteiger partial charge in [0.05, 0.1) is 23.3 Å². The second kappa shape index (κ2) is 10.1. The van der Waals surface area contributed by atoms with E-state index in [0.717, 1.165) is 36.6 Å². The van der Waals surface area contributed by atoms with Gasteiger partial charge in [0, 0.05) is 17.5 Å². The van der Waals surface area contributed by atoms with Crippen molar-refractivity contribution in [3.05, 3.63) is 65.7 Å². The lowest BCUT2D eigenvalue weighted by atomic mass is 10.0. The van der Waals surface area contributed by atoms with Crippen LogP contribution in [-0.4, -0.2) is 56.6 Å². The number of ether oxygens (including phenoxy) is 2. The van der Waals surface area contributed by atoms with Gasteiger partial charge >= 0.3 is 18.2 Å². The highest BCUT2D eigenvalue weighted by Crippen LogP contribution is 2.35. The summed E-state index contributed by atoms with van der Waals surface area (Å²) in [6.45, 7) is 0.363. The highest BCUT2D eigenvalue weighted by Gasteiger charge is 2.42. The fourth-order valence-corrected chi connectivity index (χ4v) is 4.97. The van der Waals surface area contributed by atoms with Crippen molar-refractivity contribution in [2.24, 2.45) is 0 Å². The van der Waals surface area contributed by atoms with Crippen LogP contribution in [0.2, 0.25) is 0 Å². The van der Waals surface area contributed by atoms with Gasteiger partial charge in [-0.15, -0.1) is 0 Å². The van der Waals surface area contributed by atoms with Gasteiger partial charge in [0.1, 0.15) is 11.7 Å². The van der Waals surface area contributed by atoms with Crippen molar-refractivity contribution in [2.75, 3.05) is 6.54 Å². The van der Waals surface area contributed by atoms with Crippen LogP contribution in [0.3, 0.4) is 0 Å². The van der Waals surface area contributed by atoms with E-state index in [1.807, 2.05) is 24.3 Å². The van der Waals surface area contributed by atoms with E-state index in [1.165, 1.54) is 0 Å². The first-order valence-electron chi connectivity index (χ1n) is 12.4. The van der Waals surface area contributed by atoms with Crippen LogP contribution >= 0.6 is 0 Å². The van der Waals surface area contributed by atoms with E-state index in [-0.39, 0.29) is 24.8 Å². The van der Waals surface area contributed by atoms with E-state index in [0.29, 0.717) is 29.6 Å². The highest BCUT2D eigenvalue weighted by molar-refractivity contribution is 5.96. The summed E-state index contributed by atoms with van der Waals surface area (Å²) in [6, 6.07) is 16.0. The number of hydrogen-bond donors (Lipinski definition) is 2. The van der Waals surface area contributed by atoms with Crippen LogP contribution in [0.1, 0.15) is 54.4 Å². The normalized spacial score (nSPS) is 16.3. The zero-order valence-corrected chi connectivity index (χ0v) is 20.3. The van der Waals surface area contributed by atoms with Crippen molar-refractivity contribution in [2.45, 2.75) is 56.8 Å². The molecule has 2 fully saturated rings. The Labute approximate surface area is 213 Å². The van der Waals surface area contributed by atoms with Crippen LogP contribution in [0, 0.1) is 0 Å². The first-order chi connectivity index (χ1) is 17.8. The third-order valence-electron chi connectivity index (χ3n) is 6.91. The van der Waals surface area contributed by atoms with Crippen molar-refractivity contribution in [1.29, 1.82) is 0 Å². The van der Waals surface area contributed by atoms with Crippen LogP contribution in [0.4, 0.5) is 9.59 Å². The number of amides is 1. The summed E-state index contributed by atoms with van der Waals surface area (Å²) < 4.78 is 10.9. The molecule has 2 saturated carbocycles. The minimum atomic E-state index is -1.34. The molecule has 0 atom stereocenters. The minimum Gasteiger partial charge on any atom is -0.478 e. The second-order valence-electron chi connectivity index (χ2n) is 9.77. The first-order valence-corrected chi connectivity index (χ1v) is 12.4. The molecule has 0 unspecified atom stereocenters. The van der Waals surface area contributed by atoms with Gasteiger partial charge in [-0.1, -0.05) is 30.3 Å². The zero-order chi connectivity index (χ0) is 26.0. The molecule has 0 radical (unpaired) electrons. The number of rotatable bonds is 8. The van der Waals surface area contributed by atoms with Crippen LogP contribution in [0.25, 0.3) is 22.2 Å². The van der Waals surface area contributed by atoms with Crippen molar-refractivity contribution in [3.63, 3.8) is 0 Å². The van der Waals surface area contributed by atoms with Crippen molar-refractivity contribution < 1.29 is 34.1 Å². The molecule has 1 aromatic heterocycles. The van der Waals surface area contributed by atoms with Gasteiger partial charge in [-0.2, -0.15) is 0 Å². The summed E-state index contributed by atoms with van der Waals surface area (Å²) in [6.07, 6.45) is 2.60. The van der Waals surface area contributed by atoms with Gasteiger partial charge in [0.25, 0.3) is 0 Å². The third kappa shape index (κ3) is 5.66. The summed E-state index contributed by atoms with van der Waals surface area (Å²) in [4.78, 5) is 42.2. The molecule has 2 aliphatic carbocycles. The molecule has 0 saturated heterocycles. The largest absolute Gasteiger partial charge is 0.506 e. The van der Waals surface area contributed by atoms with E-state index in [4.69, 9.17) is 9.47 Å². The molecule has 2 aromatic carbocycles. The molecule has 2 aliphatic rings. The number of hydrogen-bond acceptors (Lipinski definition) is 6. The van der Waals surface area contributed by atoms with Crippen molar-refractivity contribution >= 4 is 29.1 Å². The Bertz CT molecular complexity index is 1350. The molecular formula is C28H28N2O7. The predicted molar refractivity (Wildman–Crippen MR) is 134 cm³/mol. The van der Waals surface area contributed by atoms with E-state index in [9.17, 15) is 24.6 Å². The summed E-state index contributed by atoms with van der Waals surface area (Å²) in [7, 11) is 0. The molecule has 0 aliphatic heterocycles. The van der Waals surface area contributed by atoms with Crippen LogP contribution in [0.5, 0.6) is 0 Å². The topological polar surface area (TPSA) is 126 Å². The number of fused-ring (bicyclic) bond motifs is 1. The molecule has 9 heteroatoms. The maximum atomic E-state index is 13.0. The predicted octanol–water partition coefficient (Wildman–Crippen LogP) is 5.71. The number of pyridine rings is 1. The van der Waals surface area contributed by atoms with Gasteiger partial charge in [0.2, 0.25) is 0 Å².